The van der Waals surface area contributed by atoms with Gasteiger partial charge in [0.25, 0.3) is 0 Å². The van der Waals surface area contributed by atoms with Crippen molar-refractivity contribution in [3.63, 3.8) is 0 Å². The summed E-state index contributed by atoms with van der Waals surface area (Å²) in [6, 6.07) is 0.240. The zero-order valence-corrected chi connectivity index (χ0v) is 13.1. The molecule has 1 aliphatic carbocycles. The molecule has 1 rings (SSSR count). The Morgan fingerprint density at radius 1 is 1.21 bits per heavy atom. The van der Waals surface area contributed by atoms with Crippen LogP contribution in [0.5, 0.6) is 0 Å². The van der Waals surface area contributed by atoms with Crippen LogP contribution in [0.1, 0.15) is 72.6 Å². The van der Waals surface area contributed by atoms with E-state index >= 15 is 0 Å². The van der Waals surface area contributed by atoms with Crippen LogP contribution in [0, 0.1) is 11.8 Å². The summed E-state index contributed by atoms with van der Waals surface area (Å²) in [5.74, 6) is 1.19. The van der Waals surface area contributed by atoms with Gasteiger partial charge in [-0.25, -0.2) is 4.79 Å². The molecule has 1 amide bonds. The van der Waals surface area contributed by atoms with Gasteiger partial charge in [-0.3, -0.25) is 0 Å². The van der Waals surface area contributed by atoms with Crippen molar-refractivity contribution in [3.05, 3.63) is 0 Å². The van der Waals surface area contributed by atoms with Gasteiger partial charge < -0.3 is 10.1 Å². The predicted octanol–water partition coefficient (Wildman–Crippen LogP) is 4.51. The molecule has 2 atom stereocenters. The number of carbonyl (C=O) groups excluding carboxylic acids is 1. The quantitative estimate of drug-likeness (QED) is 0.770. The average molecular weight is 269 g/mol. The van der Waals surface area contributed by atoms with E-state index in [9.17, 15) is 4.79 Å². The van der Waals surface area contributed by atoms with Gasteiger partial charge in [0.05, 0.1) is 0 Å². The topological polar surface area (TPSA) is 38.3 Å². The highest BCUT2D eigenvalue weighted by atomic mass is 16.6. The monoisotopic (exact) mass is 269 g/mol. The summed E-state index contributed by atoms with van der Waals surface area (Å²) in [7, 11) is 0. The van der Waals surface area contributed by atoms with Crippen LogP contribution in [0.3, 0.4) is 0 Å². The van der Waals surface area contributed by atoms with Gasteiger partial charge in [-0.15, -0.1) is 0 Å². The molecule has 1 aliphatic rings. The molecule has 1 fully saturated rings. The van der Waals surface area contributed by atoms with Crippen LogP contribution in [-0.4, -0.2) is 18.2 Å². The van der Waals surface area contributed by atoms with Crippen LogP contribution in [0.25, 0.3) is 0 Å². The Bertz CT molecular complexity index is 259. The fraction of sp³-hybridized carbons (Fsp3) is 0.938. The van der Waals surface area contributed by atoms with Crippen LogP contribution in [0.15, 0.2) is 0 Å². The van der Waals surface area contributed by atoms with Crippen molar-refractivity contribution in [2.75, 3.05) is 0 Å². The van der Waals surface area contributed by atoms with E-state index in [4.69, 9.17) is 4.74 Å². The van der Waals surface area contributed by atoms with Crippen LogP contribution in [-0.2, 0) is 4.74 Å². The third-order valence-corrected chi connectivity index (χ3v) is 4.17. The summed E-state index contributed by atoms with van der Waals surface area (Å²) in [6.45, 7) is 8.51. The first-order valence-corrected chi connectivity index (χ1v) is 8.00. The van der Waals surface area contributed by atoms with Crippen molar-refractivity contribution in [1.82, 2.24) is 5.32 Å². The fourth-order valence-corrected chi connectivity index (χ4v) is 2.95. The van der Waals surface area contributed by atoms with Gasteiger partial charge >= 0.3 is 6.09 Å². The van der Waals surface area contributed by atoms with E-state index in [1.54, 1.807) is 0 Å². The van der Waals surface area contributed by atoms with E-state index in [2.05, 4.69) is 33.0 Å². The average Bonchev–Trinajstić information content (AvgIpc) is 2.38. The predicted molar refractivity (Wildman–Crippen MR) is 79.2 cm³/mol. The third-order valence-electron chi connectivity index (χ3n) is 4.17. The third kappa shape index (κ3) is 6.31. The van der Waals surface area contributed by atoms with Crippen LogP contribution in [0.2, 0.25) is 0 Å². The number of hydrogen-bond acceptors (Lipinski definition) is 2. The summed E-state index contributed by atoms with van der Waals surface area (Å²) in [6.07, 6.45) is 8.09. The van der Waals surface area contributed by atoms with Crippen molar-refractivity contribution in [2.45, 2.75) is 84.8 Å². The van der Waals surface area contributed by atoms with E-state index in [-0.39, 0.29) is 18.2 Å². The highest BCUT2D eigenvalue weighted by molar-refractivity contribution is 5.67. The smallest absolute Gasteiger partial charge is 0.407 e. The molecule has 2 unspecified atom stereocenters. The van der Waals surface area contributed by atoms with Gasteiger partial charge in [0, 0.05) is 6.04 Å². The summed E-state index contributed by atoms with van der Waals surface area (Å²) in [4.78, 5) is 11.9. The Morgan fingerprint density at radius 2 is 1.84 bits per heavy atom. The molecule has 1 saturated carbocycles. The standard InChI is InChI=1S/C16H31NO2/c1-5-15(11-12(2)3)19-16(18)17-13(4)14-9-7-6-8-10-14/h12-15H,5-11H2,1-4H3,(H,17,18). The van der Waals surface area contributed by atoms with Crippen LogP contribution < -0.4 is 5.32 Å². The first-order valence-electron chi connectivity index (χ1n) is 8.00. The number of amides is 1. The van der Waals surface area contributed by atoms with Crippen molar-refractivity contribution >= 4 is 6.09 Å². The zero-order valence-electron chi connectivity index (χ0n) is 13.1. The zero-order chi connectivity index (χ0) is 14.3. The van der Waals surface area contributed by atoms with Crippen molar-refractivity contribution in [3.8, 4) is 0 Å². The molecule has 1 N–H and O–H groups in total. The van der Waals surface area contributed by atoms with Gasteiger partial charge in [-0.1, -0.05) is 40.0 Å². The lowest BCUT2D eigenvalue weighted by molar-refractivity contribution is 0.0777. The molecule has 0 saturated heterocycles. The van der Waals surface area contributed by atoms with Gasteiger partial charge in [-0.05, 0) is 44.4 Å². The van der Waals surface area contributed by atoms with Crippen LogP contribution >= 0.6 is 0 Å². The summed E-state index contributed by atoms with van der Waals surface area (Å²) in [5, 5.41) is 3.03. The maximum Gasteiger partial charge on any atom is 0.407 e. The number of nitrogens with one attached hydrogen (secondary N) is 1. The fourth-order valence-electron chi connectivity index (χ4n) is 2.95. The van der Waals surface area contributed by atoms with E-state index in [1.807, 2.05) is 0 Å². The molecule has 0 aromatic rings. The first kappa shape index (κ1) is 16.3. The second-order valence-electron chi connectivity index (χ2n) is 6.40. The molecule has 3 nitrogen and oxygen atoms in total. The molecule has 0 aromatic carbocycles. The minimum atomic E-state index is -0.231. The van der Waals surface area contributed by atoms with E-state index in [1.165, 1.54) is 32.1 Å². The van der Waals surface area contributed by atoms with Crippen molar-refractivity contribution in [1.29, 1.82) is 0 Å². The van der Waals surface area contributed by atoms with Crippen molar-refractivity contribution < 1.29 is 9.53 Å². The first-order chi connectivity index (χ1) is 9.02. The molecule has 0 spiro atoms. The van der Waals surface area contributed by atoms with Gasteiger partial charge in [0.1, 0.15) is 6.10 Å². The molecular weight excluding hydrogens is 238 g/mol. The number of hydrogen-bond donors (Lipinski definition) is 1. The molecule has 0 bridgehead atoms. The lowest BCUT2D eigenvalue weighted by atomic mass is 9.85. The Morgan fingerprint density at radius 3 is 2.37 bits per heavy atom. The van der Waals surface area contributed by atoms with E-state index in [0.29, 0.717) is 11.8 Å². The molecule has 19 heavy (non-hydrogen) atoms. The number of alkyl carbamates (subject to hydrolysis) is 1. The maximum atomic E-state index is 11.9. The molecule has 3 heteroatoms. The van der Waals surface area contributed by atoms with Crippen molar-refractivity contribution in [2.24, 2.45) is 11.8 Å². The maximum absolute atomic E-state index is 11.9. The second kappa shape index (κ2) is 8.44. The second-order valence-corrected chi connectivity index (χ2v) is 6.40. The van der Waals surface area contributed by atoms with Gasteiger partial charge in [0.15, 0.2) is 0 Å². The Hall–Kier alpha value is -0.730. The lowest BCUT2D eigenvalue weighted by Gasteiger charge is -2.28. The van der Waals surface area contributed by atoms with Gasteiger partial charge in [0.2, 0.25) is 0 Å². The summed E-state index contributed by atoms with van der Waals surface area (Å²) in [5.41, 5.74) is 0. The Kier molecular flexibility index (Phi) is 7.25. The number of rotatable bonds is 6. The van der Waals surface area contributed by atoms with E-state index < -0.39 is 0 Å². The number of ether oxygens (including phenoxy) is 1. The summed E-state index contributed by atoms with van der Waals surface area (Å²) >= 11 is 0. The largest absolute Gasteiger partial charge is 0.446 e. The summed E-state index contributed by atoms with van der Waals surface area (Å²) < 4.78 is 5.52. The van der Waals surface area contributed by atoms with Gasteiger partial charge in [-0.2, -0.15) is 0 Å². The highest BCUT2D eigenvalue weighted by Gasteiger charge is 2.23. The Labute approximate surface area is 118 Å². The molecule has 112 valence electrons. The molecule has 0 aliphatic heterocycles. The van der Waals surface area contributed by atoms with Crippen LogP contribution in [0.4, 0.5) is 4.79 Å². The molecular formula is C16H31NO2. The minimum absolute atomic E-state index is 0.0542. The lowest BCUT2D eigenvalue weighted by Crippen LogP contribution is -2.40. The molecule has 0 aromatic heterocycles. The molecule has 0 radical (unpaired) electrons. The molecule has 0 heterocycles. The SMILES string of the molecule is CCC(CC(C)C)OC(=O)NC(C)C1CCCCC1. The normalized spacial score (nSPS) is 20.1. The number of carbonyl (C=O) groups is 1. The highest BCUT2D eigenvalue weighted by Crippen LogP contribution is 2.26. The minimum Gasteiger partial charge on any atom is -0.446 e. The Balaban J connectivity index is 2.32. The van der Waals surface area contributed by atoms with E-state index in [0.717, 1.165) is 12.8 Å².